The van der Waals surface area contributed by atoms with Gasteiger partial charge in [-0.2, -0.15) is 26.3 Å². The zero-order valence-corrected chi connectivity index (χ0v) is 15.3. The van der Waals surface area contributed by atoms with E-state index in [2.05, 4.69) is 5.32 Å². The van der Waals surface area contributed by atoms with Crippen LogP contribution in [-0.2, 0) is 23.7 Å². The highest BCUT2D eigenvalue weighted by atomic mass is 19.4. The predicted molar refractivity (Wildman–Crippen MR) is 88.8 cm³/mol. The topological polar surface area (TPSA) is 75.3 Å². The first-order valence-corrected chi connectivity index (χ1v) is 8.61. The van der Waals surface area contributed by atoms with Crippen LogP contribution in [0.1, 0.15) is 49.8 Å². The lowest BCUT2D eigenvalue weighted by atomic mass is 9.71. The number of hydrogen-bond donors (Lipinski definition) is 3. The summed E-state index contributed by atoms with van der Waals surface area (Å²) in [5.41, 5.74) is -0.127. The molecule has 2 unspecified atom stereocenters. The average Bonchev–Trinajstić information content (AvgIpc) is 2.94. The highest BCUT2D eigenvalue weighted by molar-refractivity contribution is 5.84. The second-order valence-electron chi connectivity index (χ2n) is 7.74. The van der Waals surface area contributed by atoms with Gasteiger partial charge in [-0.3, -0.25) is 4.79 Å². The Labute approximate surface area is 158 Å². The molecule has 0 heterocycles. The molecule has 2 atom stereocenters. The van der Waals surface area contributed by atoms with Gasteiger partial charge in [-0.15, -0.1) is 0 Å². The normalized spacial score (nSPS) is 23.7. The minimum absolute atomic E-state index is 0.0274. The van der Waals surface area contributed by atoms with Gasteiger partial charge in [0.2, 0.25) is 5.91 Å². The van der Waals surface area contributed by atoms with E-state index in [9.17, 15) is 36.2 Å². The Morgan fingerprint density at radius 1 is 1.14 bits per heavy atom. The molecule has 0 aliphatic heterocycles. The number of aliphatic hydroxyl groups is 1. The van der Waals surface area contributed by atoms with Crippen molar-refractivity contribution in [1.82, 2.24) is 5.32 Å². The summed E-state index contributed by atoms with van der Waals surface area (Å²) in [6.07, 6.45) is -9.03. The lowest BCUT2D eigenvalue weighted by molar-refractivity contribution is -0.146. The van der Waals surface area contributed by atoms with Crippen molar-refractivity contribution in [3.63, 3.8) is 0 Å². The summed E-state index contributed by atoms with van der Waals surface area (Å²) in [6.45, 7) is 2.31. The summed E-state index contributed by atoms with van der Waals surface area (Å²) in [5, 5.41) is 12.8. The molecule has 4 N–H and O–H groups in total. The van der Waals surface area contributed by atoms with Gasteiger partial charge >= 0.3 is 12.4 Å². The summed E-state index contributed by atoms with van der Waals surface area (Å²) in [6, 6.07) is 0.821. The Balaban J connectivity index is 2.29. The predicted octanol–water partition coefficient (Wildman–Crippen LogP) is 3.61. The van der Waals surface area contributed by atoms with Gasteiger partial charge in [-0.25, -0.2) is 0 Å². The van der Waals surface area contributed by atoms with Crippen LogP contribution < -0.4 is 11.1 Å². The Morgan fingerprint density at radius 3 is 2.00 bits per heavy atom. The molecule has 10 heteroatoms. The first-order chi connectivity index (χ1) is 12.6. The maximum Gasteiger partial charge on any atom is 0.416 e. The van der Waals surface area contributed by atoms with Gasteiger partial charge in [0.25, 0.3) is 0 Å². The van der Waals surface area contributed by atoms with Gasteiger partial charge in [-0.05, 0) is 56.9 Å². The first-order valence-electron chi connectivity index (χ1n) is 8.61. The monoisotopic (exact) mass is 412 g/mol. The Kier molecular flexibility index (Phi) is 5.79. The molecule has 0 spiro atoms. The molecule has 0 saturated heterocycles. The fraction of sp³-hybridized carbons (Fsp3) is 0.611. The summed E-state index contributed by atoms with van der Waals surface area (Å²) in [5.74, 6) is -0.654. The zero-order chi connectivity index (χ0) is 21.5. The number of hydrogen-bond acceptors (Lipinski definition) is 3. The third-order valence-corrected chi connectivity index (χ3v) is 5.26. The minimum atomic E-state index is -4.97. The number of carbonyl (C=O) groups is 1. The summed E-state index contributed by atoms with van der Waals surface area (Å²) < 4.78 is 77.6. The fourth-order valence-electron chi connectivity index (χ4n) is 3.60. The second-order valence-corrected chi connectivity index (χ2v) is 7.74. The SMILES string of the molecule is CC(C)(O)C1(C(=O)NCc2cc(C(F)(F)F)cc(C(F)(F)F)c2)CCC(N)C1. The molecular weight excluding hydrogens is 390 g/mol. The van der Waals surface area contributed by atoms with E-state index >= 15 is 0 Å². The molecule has 1 aliphatic rings. The van der Waals surface area contributed by atoms with Crippen molar-refractivity contribution in [2.45, 2.75) is 63.7 Å². The number of alkyl halides is 6. The molecule has 1 aromatic rings. The molecule has 0 radical (unpaired) electrons. The van der Waals surface area contributed by atoms with Crippen molar-refractivity contribution < 1.29 is 36.2 Å². The van der Waals surface area contributed by atoms with E-state index in [1.165, 1.54) is 13.8 Å². The van der Waals surface area contributed by atoms with Crippen LogP contribution >= 0.6 is 0 Å². The lowest BCUT2D eigenvalue weighted by Crippen LogP contribution is -2.53. The van der Waals surface area contributed by atoms with Gasteiger partial charge in [-0.1, -0.05) is 0 Å². The Hall–Kier alpha value is -1.81. The van der Waals surface area contributed by atoms with Crippen LogP contribution in [0.15, 0.2) is 18.2 Å². The largest absolute Gasteiger partial charge is 0.416 e. The molecule has 1 amide bonds. The van der Waals surface area contributed by atoms with Gasteiger partial charge in [0.05, 0.1) is 22.1 Å². The maximum absolute atomic E-state index is 12.9. The van der Waals surface area contributed by atoms with Crippen LogP contribution in [0.2, 0.25) is 0 Å². The van der Waals surface area contributed by atoms with Crippen LogP contribution in [0.3, 0.4) is 0 Å². The summed E-state index contributed by atoms with van der Waals surface area (Å²) >= 11 is 0. The number of carbonyl (C=O) groups excluding carboxylic acids is 1. The van der Waals surface area contributed by atoms with E-state index in [1.54, 1.807) is 0 Å². The molecule has 2 rings (SSSR count). The van der Waals surface area contributed by atoms with Crippen molar-refractivity contribution >= 4 is 5.91 Å². The quantitative estimate of drug-likeness (QED) is 0.662. The Morgan fingerprint density at radius 2 is 1.64 bits per heavy atom. The van der Waals surface area contributed by atoms with Crippen LogP contribution in [-0.4, -0.2) is 22.7 Å². The van der Waals surface area contributed by atoms with E-state index in [0.717, 1.165) is 0 Å². The van der Waals surface area contributed by atoms with E-state index in [1.807, 2.05) is 0 Å². The van der Waals surface area contributed by atoms with Crippen molar-refractivity contribution in [2.24, 2.45) is 11.1 Å². The molecule has 158 valence electrons. The van der Waals surface area contributed by atoms with Crippen LogP contribution in [0.25, 0.3) is 0 Å². The zero-order valence-electron chi connectivity index (χ0n) is 15.3. The van der Waals surface area contributed by atoms with E-state index < -0.39 is 46.9 Å². The standard InChI is InChI=1S/C18H22F6N2O2/c1-15(2,28)16(4-3-13(25)8-16)14(27)26-9-10-5-11(17(19,20)21)7-12(6-10)18(22,23)24/h5-7,13,28H,3-4,8-9,25H2,1-2H3,(H,26,27). The molecule has 1 saturated carbocycles. The summed E-state index contributed by atoms with van der Waals surface area (Å²) in [7, 11) is 0. The highest BCUT2D eigenvalue weighted by Gasteiger charge is 2.53. The van der Waals surface area contributed by atoms with Crippen LogP contribution in [0.4, 0.5) is 26.3 Å². The second kappa shape index (κ2) is 7.22. The van der Waals surface area contributed by atoms with E-state index in [0.29, 0.717) is 18.6 Å². The average molecular weight is 412 g/mol. The molecule has 1 fully saturated rings. The van der Waals surface area contributed by atoms with Crippen LogP contribution in [0.5, 0.6) is 0 Å². The third-order valence-electron chi connectivity index (χ3n) is 5.26. The number of nitrogens with one attached hydrogen (secondary N) is 1. The number of rotatable bonds is 4. The highest BCUT2D eigenvalue weighted by Crippen LogP contribution is 2.46. The van der Waals surface area contributed by atoms with Crippen molar-refractivity contribution in [2.75, 3.05) is 0 Å². The van der Waals surface area contributed by atoms with Gasteiger partial charge in [0, 0.05) is 12.6 Å². The maximum atomic E-state index is 12.9. The third kappa shape index (κ3) is 4.60. The molecule has 1 aliphatic carbocycles. The van der Waals surface area contributed by atoms with Crippen LogP contribution in [0, 0.1) is 5.41 Å². The lowest BCUT2D eigenvalue weighted by Gasteiger charge is -2.39. The number of nitrogens with two attached hydrogens (primary N) is 1. The van der Waals surface area contributed by atoms with E-state index in [4.69, 9.17) is 5.73 Å². The number of halogens is 6. The number of amides is 1. The molecular formula is C18H22F6N2O2. The molecule has 4 nitrogen and oxygen atoms in total. The van der Waals surface area contributed by atoms with Crippen molar-refractivity contribution in [1.29, 1.82) is 0 Å². The first kappa shape index (κ1) is 22.5. The fourth-order valence-corrected chi connectivity index (χ4v) is 3.60. The van der Waals surface area contributed by atoms with Gasteiger partial charge in [0.15, 0.2) is 0 Å². The van der Waals surface area contributed by atoms with Crippen molar-refractivity contribution in [3.8, 4) is 0 Å². The van der Waals surface area contributed by atoms with E-state index in [-0.39, 0.29) is 30.5 Å². The minimum Gasteiger partial charge on any atom is -0.389 e. The summed E-state index contributed by atoms with van der Waals surface area (Å²) in [4.78, 5) is 12.7. The molecule has 0 bridgehead atoms. The van der Waals surface area contributed by atoms with Crippen molar-refractivity contribution in [3.05, 3.63) is 34.9 Å². The molecule has 0 aromatic heterocycles. The molecule has 1 aromatic carbocycles. The Bertz CT molecular complexity index is 707. The number of benzene rings is 1. The van der Waals surface area contributed by atoms with Gasteiger partial charge < -0.3 is 16.2 Å². The van der Waals surface area contributed by atoms with Gasteiger partial charge in [0.1, 0.15) is 0 Å². The smallest absolute Gasteiger partial charge is 0.389 e. The molecule has 28 heavy (non-hydrogen) atoms.